The zero-order valence-electron chi connectivity index (χ0n) is 13.5. The number of methoxy groups -OCH3 is 1. The van der Waals surface area contributed by atoms with Crippen LogP contribution in [0.25, 0.3) is 0 Å². The molecule has 0 fully saturated rings. The molecule has 1 aliphatic heterocycles. The van der Waals surface area contributed by atoms with Crippen molar-refractivity contribution < 1.29 is 28.6 Å². The van der Waals surface area contributed by atoms with Crippen LogP contribution in [0, 0.1) is 5.82 Å². The molecule has 0 aliphatic carbocycles. The van der Waals surface area contributed by atoms with Crippen LogP contribution in [0.4, 0.5) is 10.1 Å². The van der Waals surface area contributed by atoms with Crippen molar-refractivity contribution in [3.05, 3.63) is 53.3 Å². The molecule has 2 aromatic carbocycles. The molecule has 2 aromatic rings. The molecule has 0 unspecified atom stereocenters. The molecule has 0 spiro atoms. The first-order valence-corrected chi connectivity index (χ1v) is 7.57. The van der Waals surface area contributed by atoms with E-state index in [0.29, 0.717) is 5.75 Å². The van der Waals surface area contributed by atoms with E-state index in [-0.39, 0.29) is 36.1 Å². The van der Waals surface area contributed by atoms with Crippen LogP contribution < -0.4 is 14.4 Å². The molecule has 25 heavy (non-hydrogen) atoms. The van der Waals surface area contributed by atoms with E-state index < -0.39 is 18.2 Å². The number of benzene rings is 2. The van der Waals surface area contributed by atoms with Gasteiger partial charge in [0.1, 0.15) is 12.4 Å². The van der Waals surface area contributed by atoms with Gasteiger partial charge in [0.25, 0.3) is 5.91 Å². The number of anilines is 1. The second-order valence-electron chi connectivity index (χ2n) is 5.50. The molecule has 0 aromatic heterocycles. The highest BCUT2D eigenvalue weighted by Crippen LogP contribution is 2.37. The largest absolute Gasteiger partial charge is 0.497 e. The number of carbonyl (C=O) groups excluding carboxylic acids is 2. The molecule has 7 heteroatoms. The number of Topliss-reactive ketones (excluding diaryl/α,β-unsaturated/α-hetero) is 1. The topological polar surface area (TPSA) is 76.1 Å². The van der Waals surface area contributed by atoms with Gasteiger partial charge in [-0.05, 0) is 29.8 Å². The number of aliphatic hydroxyl groups excluding tert-OH is 1. The van der Waals surface area contributed by atoms with Crippen molar-refractivity contribution in [3.8, 4) is 11.5 Å². The smallest absolute Gasteiger partial charge is 0.265 e. The molecule has 0 saturated carbocycles. The van der Waals surface area contributed by atoms with Gasteiger partial charge in [0.05, 0.1) is 19.3 Å². The molecule has 1 amide bonds. The van der Waals surface area contributed by atoms with Crippen LogP contribution in [-0.4, -0.2) is 37.1 Å². The number of nitrogens with zero attached hydrogens (tertiary/aromatic N) is 1. The number of ether oxygens (including phenoxy) is 2. The Hall–Kier alpha value is -2.93. The highest BCUT2D eigenvalue weighted by atomic mass is 19.1. The lowest BCUT2D eigenvalue weighted by atomic mass is 10.1. The molecular weight excluding hydrogens is 329 g/mol. The number of halogens is 1. The van der Waals surface area contributed by atoms with Gasteiger partial charge in [-0.3, -0.25) is 9.59 Å². The number of aliphatic hydroxyl groups is 1. The van der Waals surface area contributed by atoms with Gasteiger partial charge in [0, 0.05) is 5.56 Å². The standard InChI is InChI=1S/C18H16FNO5/c1-24-13-4-2-11(3-5-13)8-20-15-7-12(16(22)9-21)6-14(19)18(15)25-10-17(20)23/h2-7,21H,8-10H2,1H3. The van der Waals surface area contributed by atoms with Gasteiger partial charge < -0.3 is 19.5 Å². The number of fused-ring (bicyclic) bond motifs is 1. The average molecular weight is 345 g/mol. The number of hydrogen-bond donors (Lipinski definition) is 1. The molecule has 0 radical (unpaired) electrons. The van der Waals surface area contributed by atoms with Crippen molar-refractivity contribution in [1.82, 2.24) is 0 Å². The van der Waals surface area contributed by atoms with Gasteiger partial charge in [-0.25, -0.2) is 4.39 Å². The van der Waals surface area contributed by atoms with Gasteiger partial charge in [0.2, 0.25) is 0 Å². The molecule has 130 valence electrons. The maximum atomic E-state index is 14.3. The molecule has 0 bridgehead atoms. The van der Waals surface area contributed by atoms with Crippen LogP contribution in [0.5, 0.6) is 11.5 Å². The maximum absolute atomic E-state index is 14.3. The first-order valence-electron chi connectivity index (χ1n) is 7.57. The van der Waals surface area contributed by atoms with Gasteiger partial charge in [-0.15, -0.1) is 0 Å². The van der Waals surface area contributed by atoms with E-state index in [9.17, 15) is 14.0 Å². The van der Waals surface area contributed by atoms with Gasteiger partial charge in [-0.2, -0.15) is 0 Å². The van der Waals surface area contributed by atoms with Crippen molar-refractivity contribution in [2.24, 2.45) is 0 Å². The average Bonchev–Trinajstić information content (AvgIpc) is 2.63. The Kier molecular flexibility index (Phi) is 4.67. The molecule has 0 atom stereocenters. The summed E-state index contributed by atoms with van der Waals surface area (Å²) in [4.78, 5) is 25.3. The van der Waals surface area contributed by atoms with E-state index in [1.54, 1.807) is 31.4 Å². The molecule has 1 heterocycles. The Bertz CT molecular complexity index is 819. The van der Waals surface area contributed by atoms with E-state index in [2.05, 4.69) is 0 Å². The quantitative estimate of drug-likeness (QED) is 0.838. The van der Waals surface area contributed by atoms with Crippen molar-refractivity contribution in [2.75, 3.05) is 25.2 Å². The second kappa shape index (κ2) is 6.90. The van der Waals surface area contributed by atoms with Crippen LogP contribution in [0.15, 0.2) is 36.4 Å². The Morgan fingerprint density at radius 3 is 2.68 bits per heavy atom. The predicted molar refractivity (Wildman–Crippen MR) is 87.5 cm³/mol. The Morgan fingerprint density at radius 2 is 2.04 bits per heavy atom. The number of rotatable bonds is 5. The Labute approximate surface area is 143 Å². The van der Waals surface area contributed by atoms with E-state index in [1.165, 1.54) is 11.0 Å². The lowest BCUT2D eigenvalue weighted by molar-refractivity contribution is -0.121. The lowest BCUT2D eigenvalue weighted by Crippen LogP contribution is -2.38. The van der Waals surface area contributed by atoms with Crippen molar-refractivity contribution in [3.63, 3.8) is 0 Å². The first kappa shape index (κ1) is 16.9. The molecule has 3 rings (SSSR count). The number of carbonyl (C=O) groups is 2. The van der Waals surface area contributed by atoms with E-state index >= 15 is 0 Å². The summed E-state index contributed by atoms with van der Waals surface area (Å²) in [5.74, 6) is -1.14. The predicted octanol–water partition coefficient (Wildman–Crippen LogP) is 1.93. The maximum Gasteiger partial charge on any atom is 0.265 e. The first-order chi connectivity index (χ1) is 12.0. The SMILES string of the molecule is COc1ccc(CN2C(=O)COc3c(F)cc(C(=O)CO)cc32)cc1. The third kappa shape index (κ3) is 3.32. The van der Waals surface area contributed by atoms with E-state index in [1.807, 2.05) is 0 Å². The number of ketones is 1. The number of amides is 1. The van der Waals surface area contributed by atoms with Crippen LogP contribution in [0.1, 0.15) is 15.9 Å². The summed E-state index contributed by atoms with van der Waals surface area (Å²) in [6.45, 7) is -0.839. The van der Waals surface area contributed by atoms with Crippen LogP contribution >= 0.6 is 0 Å². The third-order valence-corrected chi connectivity index (χ3v) is 3.92. The Balaban J connectivity index is 1.98. The summed E-state index contributed by atoms with van der Waals surface area (Å²) in [5, 5.41) is 8.99. The normalized spacial score (nSPS) is 13.2. The summed E-state index contributed by atoms with van der Waals surface area (Å²) in [5.41, 5.74) is 0.960. The monoisotopic (exact) mass is 345 g/mol. The van der Waals surface area contributed by atoms with Gasteiger partial charge >= 0.3 is 0 Å². The van der Waals surface area contributed by atoms with Crippen LogP contribution in [0.2, 0.25) is 0 Å². The van der Waals surface area contributed by atoms with E-state index in [0.717, 1.165) is 11.6 Å². The summed E-state index contributed by atoms with van der Waals surface area (Å²) >= 11 is 0. The highest BCUT2D eigenvalue weighted by Gasteiger charge is 2.29. The zero-order chi connectivity index (χ0) is 18.0. The minimum absolute atomic E-state index is 0.0169. The lowest BCUT2D eigenvalue weighted by Gasteiger charge is -2.30. The van der Waals surface area contributed by atoms with Crippen LogP contribution in [-0.2, 0) is 11.3 Å². The fourth-order valence-corrected chi connectivity index (χ4v) is 2.61. The summed E-state index contributed by atoms with van der Waals surface area (Å²) in [6, 6.07) is 9.46. The highest BCUT2D eigenvalue weighted by molar-refractivity contribution is 6.02. The fraction of sp³-hybridized carbons (Fsp3) is 0.222. The molecule has 0 saturated heterocycles. The van der Waals surface area contributed by atoms with E-state index in [4.69, 9.17) is 14.6 Å². The van der Waals surface area contributed by atoms with Crippen molar-refractivity contribution in [1.29, 1.82) is 0 Å². The molecule has 6 nitrogen and oxygen atoms in total. The number of hydrogen-bond acceptors (Lipinski definition) is 5. The third-order valence-electron chi connectivity index (χ3n) is 3.92. The summed E-state index contributed by atoms with van der Waals surface area (Å²) < 4.78 is 24.5. The van der Waals surface area contributed by atoms with Gasteiger partial charge in [0.15, 0.2) is 24.0 Å². The zero-order valence-corrected chi connectivity index (χ0v) is 13.5. The summed E-state index contributed by atoms with van der Waals surface area (Å²) in [7, 11) is 1.55. The van der Waals surface area contributed by atoms with Crippen molar-refractivity contribution >= 4 is 17.4 Å². The fourth-order valence-electron chi connectivity index (χ4n) is 2.61. The molecular formula is C18H16FNO5. The van der Waals surface area contributed by atoms with Crippen molar-refractivity contribution in [2.45, 2.75) is 6.54 Å². The summed E-state index contributed by atoms with van der Waals surface area (Å²) in [6.07, 6.45) is 0. The molecule has 1 N–H and O–H groups in total. The minimum Gasteiger partial charge on any atom is -0.497 e. The van der Waals surface area contributed by atoms with Gasteiger partial charge in [-0.1, -0.05) is 12.1 Å². The second-order valence-corrected chi connectivity index (χ2v) is 5.50. The minimum atomic E-state index is -0.749. The van der Waals surface area contributed by atoms with Crippen LogP contribution in [0.3, 0.4) is 0 Å². The Morgan fingerprint density at radius 1 is 1.32 bits per heavy atom. The molecule has 1 aliphatic rings.